The van der Waals surface area contributed by atoms with Crippen LogP contribution in [-0.2, 0) is 14.3 Å². The van der Waals surface area contributed by atoms with Crippen LogP contribution in [0.15, 0.2) is 12.2 Å². The zero-order chi connectivity index (χ0) is 12.1. The molecule has 2 aliphatic carbocycles. The standard InChI is InChI=1S/C14H22O3/c1-16-12-7-9-13(10-8-12)17-14(15)11-5-3-2-4-6-11/h7,9,11-13H,2-6,8,10H2,1H3. The first-order valence-electron chi connectivity index (χ1n) is 6.71. The van der Waals surface area contributed by atoms with Crippen LogP contribution in [0.5, 0.6) is 0 Å². The van der Waals surface area contributed by atoms with E-state index in [0.717, 1.165) is 25.7 Å². The molecule has 0 spiro atoms. The average molecular weight is 238 g/mol. The highest BCUT2D eigenvalue weighted by Gasteiger charge is 2.25. The number of carbonyl (C=O) groups excluding carboxylic acids is 1. The molecule has 0 aromatic heterocycles. The molecule has 2 unspecified atom stereocenters. The molecule has 1 fully saturated rings. The molecule has 2 rings (SSSR count). The molecule has 0 N–H and O–H groups in total. The lowest BCUT2D eigenvalue weighted by Gasteiger charge is -2.25. The van der Waals surface area contributed by atoms with Crippen molar-refractivity contribution in [1.82, 2.24) is 0 Å². The van der Waals surface area contributed by atoms with Gasteiger partial charge < -0.3 is 9.47 Å². The molecule has 0 heterocycles. The quantitative estimate of drug-likeness (QED) is 0.560. The van der Waals surface area contributed by atoms with Crippen LogP contribution >= 0.6 is 0 Å². The smallest absolute Gasteiger partial charge is 0.309 e. The number of hydrogen-bond acceptors (Lipinski definition) is 3. The lowest BCUT2D eigenvalue weighted by molar-refractivity contribution is -0.153. The van der Waals surface area contributed by atoms with Crippen LogP contribution in [0.25, 0.3) is 0 Å². The second-order valence-electron chi connectivity index (χ2n) is 5.05. The third-order valence-corrected chi connectivity index (χ3v) is 3.78. The molecule has 17 heavy (non-hydrogen) atoms. The summed E-state index contributed by atoms with van der Waals surface area (Å²) in [6.07, 6.45) is 11.6. The van der Waals surface area contributed by atoms with E-state index in [1.807, 2.05) is 12.2 Å². The monoisotopic (exact) mass is 238 g/mol. The van der Waals surface area contributed by atoms with Gasteiger partial charge in [0.15, 0.2) is 0 Å². The average Bonchev–Trinajstić information content (AvgIpc) is 2.40. The SMILES string of the molecule is COC1C=CC(OC(=O)C2CCCCC2)CC1. The number of methoxy groups -OCH3 is 1. The van der Waals surface area contributed by atoms with Gasteiger partial charge in [0.1, 0.15) is 6.10 Å². The summed E-state index contributed by atoms with van der Waals surface area (Å²) in [5.41, 5.74) is 0. The molecule has 2 aliphatic rings. The first-order chi connectivity index (χ1) is 8.29. The Labute approximate surface area is 103 Å². The van der Waals surface area contributed by atoms with Gasteiger partial charge in [-0.05, 0) is 31.8 Å². The minimum absolute atomic E-state index is 0.00946. The van der Waals surface area contributed by atoms with Crippen molar-refractivity contribution in [3.05, 3.63) is 12.2 Å². The Morgan fingerprint density at radius 3 is 2.24 bits per heavy atom. The zero-order valence-electron chi connectivity index (χ0n) is 10.6. The second-order valence-corrected chi connectivity index (χ2v) is 5.05. The maximum atomic E-state index is 11.9. The molecule has 3 nitrogen and oxygen atoms in total. The molecule has 0 aromatic rings. The van der Waals surface area contributed by atoms with Crippen molar-refractivity contribution in [2.75, 3.05) is 7.11 Å². The fourth-order valence-electron chi connectivity index (χ4n) is 2.65. The van der Waals surface area contributed by atoms with Gasteiger partial charge in [-0.25, -0.2) is 0 Å². The number of esters is 1. The third kappa shape index (κ3) is 3.56. The molecule has 2 atom stereocenters. The van der Waals surface area contributed by atoms with Crippen LogP contribution < -0.4 is 0 Å². The molecule has 3 heteroatoms. The Morgan fingerprint density at radius 1 is 1.00 bits per heavy atom. The van der Waals surface area contributed by atoms with Crippen molar-refractivity contribution in [1.29, 1.82) is 0 Å². The molecular weight excluding hydrogens is 216 g/mol. The van der Waals surface area contributed by atoms with E-state index in [2.05, 4.69) is 0 Å². The number of hydrogen-bond donors (Lipinski definition) is 0. The molecule has 1 saturated carbocycles. The number of carbonyl (C=O) groups is 1. The highest BCUT2D eigenvalue weighted by atomic mass is 16.5. The minimum atomic E-state index is -0.0316. The van der Waals surface area contributed by atoms with Gasteiger partial charge in [0.25, 0.3) is 0 Å². The van der Waals surface area contributed by atoms with Crippen molar-refractivity contribution in [3.63, 3.8) is 0 Å². The molecule has 0 amide bonds. The Morgan fingerprint density at radius 2 is 1.65 bits per heavy atom. The van der Waals surface area contributed by atoms with Crippen LogP contribution in [0, 0.1) is 5.92 Å². The molecule has 0 aliphatic heterocycles. The Balaban J connectivity index is 1.78. The van der Waals surface area contributed by atoms with E-state index in [-0.39, 0.29) is 24.1 Å². The van der Waals surface area contributed by atoms with Gasteiger partial charge in [-0.1, -0.05) is 25.3 Å². The van der Waals surface area contributed by atoms with Gasteiger partial charge in [0, 0.05) is 7.11 Å². The van der Waals surface area contributed by atoms with Crippen molar-refractivity contribution in [3.8, 4) is 0 Å². The molecule has 96 valence electrons. The van der Waals surface area contributed by atoms with Gasteiger partial charge >= 0.3 is 5.97 Å². The van der Waals surface area contributed by atoms with E-state index in [1.54, 1.807) is 7.11 Å². The lowest BCUT2D eigenvalue weighted by Crippen LogP contribution is -2.27. The van der Waals surface area contributed by atoms with Gasteiger partial charge in [-0.3, -0.25) is 4.79 Å². The molecular formula is C14H22O3. The van der Waals surface area contributed by atoms with Crippen LogP contribution in [-0.4, -0.2) is 25.3 Å². The predicted molar refractivity (Wildman–Crippen MR) is 65.6 cm³/mol. The summed E-state index contributed by atoms with van der Waals surface area (Å²) in [6, 6.07) is 0. The fourth-order valence-corrected chi connectivity index (χ4v) is 2.65. The van der Waals surface area contributed by atoms with E-state index < -0.39 is 0 Å². The number of ether oxygens (including phenoxy) is 2. The van der Waals surface area contributed by atoms with Crippen LogP contribution in [0.2, 0.25) is 0 Å². The number of rotatable bonds is 3. The van der Waals surface area contributed by atoms with Crippen molar-refractivity contribution in [2.45, 2.75) is 57.2 Å². The molecule has 0 aromatic carbocycles. The van der Waals surface area contributed by atoms with E-state index in [1.165, 1.54) is 19.3 Å². The molecule has 0 bridgehead atoms. The lowest BCUT2D eigenvalue weighted by atomic mass is 9.89. The maximum Gasteiger partial charge on any atom is 0.309 e. The van der Waals surface area contributed by atoms with Crippen LogP contribution in [0.4, 0.5) is 0 Å². The van der Waals surface area contributed by atoms with E-state index in [4.69, 9.17) is 9.47 Å². The largest absolute Gasteiger partial charge is 0.458 e. The Hall–Kier alpha value is -0.830. The second kappa shape index (κ2) is 6.20. The van der Waals surface area contributed by atoms with Crippen LogP contribution in [0.1, 0.15) is 44.9 Å². The highest BCUT2D eigenvalue weighted by molar-refractivity contribution is 5.72. The van der Waals surface area contributed by atoms with Crippen molar-refractivity contribution >= 4 is 5.97 Å². The summed E-state index contributed by atoms with van der Waals surface area (Å²) in [4.78, 5) is 11.9. The van der Waals surface area contributed by atoms with E-state index >= 15 is 0 Å². The Kier molecular flexibility index (Phi) is 4.60. The zero-order valence-corrected chi connectivity index (χ0v) is 10.6. The summed E-state index contributed by atoms with van der Waals surface area (Å²) in [6.45, 7) is 0. The van der Waals surface area contributed by atoms with Gasteiger partial charge in [0.2, 0.25) is 0 Å². The fraction of sp³-hybridized carbons (Fsp3) is 0.786. The Bertz CT molecular complexity index is 279. The topological polar surface area (TPSA) is 35.5 Å². The van der Waals surface area contributed by atoms with Gasteiger partial charge in [-0.15, -0.1) is 0 Å². The van der Waals surface area contributed by atoms with Crippen molar-refractivity contribution < 1.29 is 14.3 Å². The first kappa shape index (κ1) is 12.6. The third-order valence-electron chi connectivity index (χ3n) is 3.78. The van der Waals surface area contributed by atoms with E-state index in [0.29, 0.717) is 0 Å². The summed E-state index contributed by atoms with van der Waals surface area (Å²) in [7, 11) is 1.71. The molecule has 0 radical (unpaired) electrons. The summed E-state index contributed by atoms with van der Waals surface area (Å²) < 4.78 is 10.8. The van der Waals surface area contributed by atoms with Gasteiger partial charge in [0.05, 0.1) is 12.0 Å². The van der Waals surface area contributed by atoms with E-state index in [9.17, 15) is 4.79 Å². The highest BCUT2D eigenvalue weighted by Crippen LogP contribution is 2.26. The summed E-state index contributed by atoms with van der Waals surface area (Å²) in [5, 5.41) is 0. The predicted octanol–water partition coefficient (Wildman–Crippen LogP) is 2.84. The molecule has 0 saturated heterocycles. The first-order valence-corrected chi connectivity index (χ1v) is 6.71. The maximum absolute atomic E-state index is 11.9. The van der Waals surface area contributed by atoms with Crippen molar-refractivity contribution in [2.24, 2.45) is 5.92 Å². The van der Waals surface area contributed by atoms with Gasteiger partial charge in [-0.2, -0.15) is 0 Å². The minimum Gasteiger partial charge on any atom is -0.458 e. The normalized spacial score (nSPS) is 30.2. The summed E-state index contributed by atoms with van der Waals surface area (Å²) >= 11 is 0. The summed E-state index contributed by atoms with van der Waals surface area (Å²) in [5.74, 6) is 0.160. The van der Waals surface area contributed by atoms with Crippen LogP contribution in [0.3, 0.4) is 0 Å².